The van der Waals surface area contributed by atoms with E-state index in [0.717, 1.165) is 24.2 Å². The summed E-state index contributed by atoms with van der Waals surface area (Å²) in [5.41, 5.74) is 3.78. The second-order valence-corrected chi connectivity index (χ2v) is 8.06. The second-order valence-electron chi connectivity index (χ2n) is 8.06. The maximum absolute atomic E-state index is 12.8. The van der Waals surface area contributed by atoms with E-state index in [9.17, 15) is 9.59 Å². The number of morpholine rings is 1. The summed E-state index contributed by atoms with van der Waals surface area (Å²) in [5, 5.41) is 5.81. The molecule has 1 aliphatic heterocycles. The maximum Gasteiger partial charge on any atom is 0.255 e. The molecule has 2 amide bonds. The van der Waals surface area contributed by atoms with E-state index in [1.54, 1.807) is 37.4 Å². The average molecular weight is 460 g/mol. The Hall–Kier alpha value is -3.68. The summed E-state index contributed by atoms with van der Waals surface area (Å²) in [4.78, 5) is 27.5. The summed E-state index contributed by atoms with van der Waals surface area (Å²) in [5.74, 6) is 0.198. The molecule has 0 unspecified atom stereocenters. The van der Waals surface area contributed by atoms with E-state index in [1.165, 1.54) is 0 Å². The van der Waals surface area contributed by atoms with Gasteiger partial charge in [-0.3, -0.25) is 14.5 Å². The smallest absolute Gasteiger partial charge is 0.255 e. The highest BCUT2D eigenvalue weighted by atomic mass is 16.5. The summed E-state index contributed by atoms with van der Waals surface area (Å²) in [6, 6.07) is 22.7. The molecule has 7 nitrogen and oxygen atoms in total. The molecule has 1 heterocycles. The Morgan fingerprint density at radius 1 is 0.912 bits per heavy atom. The molecule has 1 saturated heterocycles. The Balaban J connectivity index is 1.38. The van der Waals surface area contributed by atoms with Crippen molar-refractivity contribution in [3.8, 4) is 16.9 Å². The van der Waals surface area contributed by atoms with Crippen LogP contribution >= 0.6 is 0 Å². The Kier molecular flexibility index (Phi) is 7.91. The number of carbonyl (C=O) groups excluding carboxylic acids is 2. The van der Waals surface area contributed by atoms with Crippen molar-refractivity contribution in [2.24, 2.45) is 0 Å². The van der Waals surface area contributed by atoms with Crippen molar-refractivity contribution < 1.29 is 19.1 Å². The first-order valence-electron chi connectivity index (χ1n) is 11.4. The fourth-order valence-corrected chi connectivity index (χ4v) is 3.83. The second kappa shape index (κ2) is 11.4. The quantitative estimate of drug-likeness (QED) is 0.526. The van der Waals surface area contributed by atoms with Gasteiger partial charge in [-0.05, 0) is 41.5 Å². The van der Waals surface area contributed by atoms with Crippen LogP contribution in [0.25, 0.3) is 11.1 Å². The number of hydrogen-bond acceptors (Lipinski definition) is 5. The van der Waals surface area contributed by atoms with Crippen molar-refractivity contribution in [1.29, 1.82) is 0 Å². The molecule has 0 aromatic heterocycles. The third-order valence-corrected chi connectivity index (χ3v) is 5.74. The summed E-state index contributed by atoms with van der Waals surface area (Å²) in [7, 11) is 1.55. The fourth-order valence-electron chi connectivity index (χ4n) is 3.83. The highest BCUT2D eigenvalue weighted by molar-refractivity contribution is 6.05. The topological polar surface area (TPSA) is 79.9 Å². The molecule has 7 heteroatoms. The van der Waals surface area contributed by atoms with Gasteiger partial charge in [0, 0.05) is 37.3 Å². The van der Waals surface area contributed by atoms with Gasteiger partial charge in [0.25, 0.3) is 5.91 Å². The molecule has 0 radical (unpaired) electrons. The van der Waals surface area contributed by atoms with Gasteiger partial charge in [-0.1, -0.05) is 42.5 Å². The zero-order valence-electron chi connectivity index (χ0n) is 19.3. The summed E-state index contributed by atoms with van der Waals surface area (Å²) >= 11 is 0. The number of rotatable bonds is 8. The normalized spacial score (nSPS) is 13.8. The van der Waals surface area contributed by atoms with Crippen LogP contribution in [0.4, 0.5) is 11.4 Å². The first-order valence-corrected chi connectivity index (χ1v) is 11.4. The van der Waals surface area contributed by atoms with E-state index in [-0.39, 0.29) is 11.8 Å². The number of hydrogen-bond donors (Lipinski definition) is 2. The molecule has 1 aliphatic rings. The van der Waals surface area contributed by atoms with Crippen LogP contribution in [-0.2, 0) is 9.53 Å². The van der Waals surface area contributed by atoms with Gasteiger partial charge >= 0.3 is 0 Å². The fraction of sp³-hybridized carbons (Fsp3) is 0.259. The highest BCUT2D eigenvalue weighted by Crippen LogP contribution is 2.28. The minimum Gasteiger partial charge on any atom is -0.495 e. The van der Waals surface area contributed by atoms with E-state index in [4.69, 9.17) is 9.47 Å². The lowest BCUT2D eigenvalue weighted by atomic mass is 10.0. The Morgan fingerprint density at radius 3 is 2.32 bits per heavy atom. The third kappa shape index (κ3) is 6.21. The Labute approximate surface area is 199 Å². The molecule has 0 saturated carbocycles. The van der Waals surface area contributed by atoms with Crippen LogP contribution in [0.2, 0.25) is 0 Å². The molecule has 3 aromatic rings. The predicted molar refractivity (Wildman–Crippen MR) is 133 cm³/mol. The average Bonchev–Trinajstić information content (AvgIpc) is 2.89. The van der Waals surface area contributed by atoms with Gasteiger partial charge < -0.3 is 20.1 Å². The number of benzene rings is 3. The molecule has 176 valence electrons. The third-order valence-electron chi connectivity index (χ3n) is 5.74. The largest absolute Gasteiger partial charge is 0.495 e. The van der Waals surface area contributed by atoms with Crippen molar-refractivity contribution in [2.75, 3.05) is 50.6 Å². The highest BCUT2D eigenvalue weighted by Gasteiger charge is 2.14. The molecular formula is C27H29N3O4. The minimum absolute atomic E-state index is 0.107. The molecule has 2 N–H and O–H groups in total. The minimum atomic E-state index is -0.227. The number of methoxy groups -OCH3 is 1. The van der Waals surface area contributed by atoms with Crippen molar-refractivity contribution in [3.63, 3.8) is 0 Å². The predicted octanol–water partition coefficient (Wildman–Crippen LogP) is 4.28. The van der Waals surface area contributed by atoms with Crippen molar-refractivity contribution in [1.82, 2.24) is 4.90 Å². The molecule has 34 heavy (non-hydrogen) atoms. The SMILES string of the molecule is COc1ccc(NC(=O)c2ccc(-c3ccccc3)cc2)cc1NC(=O)CCN1CCOCC1. The number of anilines is 2. The zero-order valence-corrected chi connectivity index (χ0v) is 19.3. The standard InChI is InChI=1S/C27H29N3O4/c1-33-25-12-11-23(19-24(25)29-26(31)13-14-30-15-17-34-18-16-30)28-27(32)22-9-7-21(8-10-22)20-5-3-2-4-6-20/h2-12,19H,13-18H2,1H3,(H,28,32)(H,29,31). The van der Waals surface area contributed by atoms with Gasteiger partial charge in [0.05, 0.1) is 26.0 Å². The van der Waals surface area contributed by atoms with E-state index in [2.05, 4.69) is 15.5 Å². The van der Waals surface area contributed by atoms with Gasteiger partial charge in [0.15, 0.2) is 0 Å². The van der Waals surface area contributed by atoms with Crippen LogP contribution < -0.4 is 15.4 Å². The summed E-state index contributed by atoms with van der Waals surface area (Å²) in [6.07, 6.45) is 0.369. The van der Waals surface area contributed by atoms with E-state index in [0.29, 0.717) is 48.9 Å². The number of ether oxygens (including phenoxy) is 2. The van der Waals surface area contributed by atoms with Crippen molar-refractivity contribution in [2.45, 2.75) is 6.42 Å². The zero-order chi connectivity index (χ0) is 23.8. The van der Waals surface area contributed by atoms with Gasteiger partial charge in [-0.15, -0.1) is 0 Å². The Morgan fingerprint density at radius 2 is 1.62 bits per heavy atom. The van der Waals surface area contributed by atoms with Crippen LogP contribution in [-0.4, -0.2) is 56.7 Å². The molecule has 0 bridgehead atoms. The summed E-state index contributed by atoms with van der Waals surface area (Å²) < 4.78 is 10.7. The van der Waals surface area contributed by atoms with E-state index < -0.39 is 0 Å². The summed E-state index contributed by atoms with van der Waals surface area (Å²) in [6.45, 7) is 3.75. The van der Waals surface area contributed by atoms with Gasteiger partial charge in [0.2, 0.25) is 5.91 Å². The first kappa shape index (κ1) is 23.5. The van der Waals surface area contributed by atoms with Crippen LogP contribution in [0.3, 0.4) is 0 Å². The molecule has 3 aromatic carbocycles. The maximum atomic E-state index is 12.8. The number of nitrogens with zero attached hydrogens (tertiary/aromatic N) is 1. The number of amides is 2. The van der Waals surface area contributed by atoms with Crippen LogP contribution in [0.5, 0.6) is 5.75 Å². The van der Waals surface area contributed by atoms with Gasteiger partial charge in [-0.25, -0.2) is 0 Å². The molecule has 0 atom stereocenters. The molecule has 0 spiro atoms. The lowest BCUT2D eigenvalue weighted by Crippen LogP contribution is -2.38. The molecule has 1 fully saturated rings. The van der Waals surface area contributed by atoms with E-state index >= 15 is 0 Å². The van der Waals surface area contributed by atoms with Crippen LogP contribution in [0, 0.1) is 0 Å². The number of nitrogens with one attached hydrogen (secondary N) is 2. The molecule has 0 aliphatic carbocycles. The molecular weight excluding hydrogens is 430 g/mol. The van der Waals surface area contributed by atoms with Crippen molar-refractivity contribution >= 4 is 23.2 Å². The number of carbonyl (C=O) groups is 2. The van der Waals surface area contributed by atoms with Crippen molar-refractivity contribution in [3.05, 3.63) is 78.4 Å². The van der Waals surface area contributed by atoms with Crippen LogP contribution in [0.15, 0.2) is 72.8 Å². The monoisotopic (exact) mass is 459 g/mol. The first-order chi connectivity index (χ1) is 16.6. The van der Waals surface area contributed by atoms with E-state index in [1.807, 2.05) is 42.5 Å². The lowest BCUT2D eigenvalue weighted by molar-refractivity contribution is -0.116. The lowest BCUT2D eigenvalue weighted by Gasteiger charge is -2.26. The molecule has 4 rings (SSSR count). The van der Waals surface area contributed by atoms with Crippen LogP contribution in [0.1, 0.15) is 16.8 Å². The van der Waals surface area contributed by atoms with Gasteiger partial charge in [-0.2, -0.15) is 0 Å². The van der Waals surface area contributed by atoms with Gasteiger partial charge in [0.1, 0.15) is 5.75 Å². The Bertz CT molecular complexity index is 1110.